The smallest absolute Gasteiger partial charge is 0.411 e. The molecular formula is C17H28N2O5. The first-order valence-corrected chi connectivity index (χ1v) is 8.00. The van der Waals surface area contributed by atoms with Gasteiger partial charge in [-0.3, -0.25) is 9.69 Å². The van der Waals surface area contributed by atoms with E-state index in [1.807, 2.05) is 13.8 Å². The average Bonchev–Trinajstić information content (AvgIpc) is 2.71. The Morgan fingerprint density at radius 2 is 1.92 bits per heavy atom. The van der Waals surface area contributed by atoms with Crippen LogP contribution in [0.4, 0.5) is 4.79 Å². The van der Waals surface area contributed by atoms with Crippen molar-refractivity contribution in [2.24, 2.45) is 5.92 Å². The minimum absolute atomic E-state index is 0.155. The molecule has 0 radical (unpaired) electrons. The van der Waals surface area contributed by atoms with Gasteiger partial charge in [0.05, 0.1) is 13.2 Å². The van der Waals surface area contributed by atoms with Crippen molar-refractivity contribution in [3.63, 3.8) is 0 Å². The maximum atomic E-state index is 12.5. The summed E-state index contributed by atoms with van der Waals surface area (Å²) in [4.78, 5) is 40.0. The van der Waals surface area contributed by atoms with Crippen molar-refractivity contribution in [2.45, 2.75) is 46.3 Å². The van der Waals surface area contributed by atoms with Gasteiger partial charge < -0.3 is 14.4 Å². The van der Waals surface area contributed by atoms with Crippen molar-refractivity contribution in [3.8, 4) is 0 Å². The Hall–Kier alpha value is -2.05. The minimum Gasteiger partial charge on any atom is -0.464 e. The molecule has 0 aromatic rings. The van der Waals surface area contributed by atoms with E-state index >= 15 is 0 Å². The Kier molecular flexibility index (Phi) is 6.40. The topological polar surface area (TPSA) is 76.2 Å². The molecule has 0 bridgehead atoms. The van der Waals surface area contributed by atoms with Crippen molar-refractivity contribution in [3.05, 3.63) is 11.8 Å². The van der Waals surface area contributed by atoms with E-state index in [1.54, 1.807) is 46.0 Å². The average molecular weight is 340 g/mol. The molecule has 7 nitrogen and oxygen atoms in total. The van der Waals surface area contributed by atoms with Crippen LogP contribution in [0.3, 0.4) is 0 Å². The van der Waals surface area contributed by atoms with Gasteiger partial charge in [0, 0.05) is 25.9 Å². The number of hydrogen-bond acceptors (Lipinski definition) is 6. The van der Waals surface area contributed by atoms with Gasteiger partial charge in [-0.2, -0.15) is 0 Å². The summed E-state index contributed by atoms with van der Waals surface area (Å²) < 4.78 is 10.6. The molecule has 0 aromatic carbocycles. The number of likely N-dealkylation sites (tertiary alicyclic amines) is 1. The number of ketones is 1. The second-order valence-corrected chi connectivity index (χ2v) is 7.51. The third-order valence-corrected chi connectivity index (χ3v) is 3.05. The predicted molar refractivity (Wildman–Crippen MR) is 89.3 cm³/mol. The summed E-state index contributed by atoms with van der Waals surface area (Å²) in [5.41, 5.74) is -0.486. The lowest BCUT2D eigenvalue weighted by molar-refractivity contribution is -0.148. The lowest BCUT2D eigenvalue weighted by Gasteiger charge is -2.27. The summed E-state index contributed by atoms with van der Waals surface area (Å²) >= 11 is 0. The van der Waals surface area contributed by atoms with Crippen LogP contribution in [0.1, 0.15) is 34.6 Å². The van der Waals surface area contributed by atoms with Gasteiger partial charge >= 0.3 is 12.1 Å². The lowest BCUT2D eigenvalue weighted by atomic mass is 10.1. The fourth-order valence-electron chi connectivity index (χ4n) is 2.15. The van der Waals surface area contributed by atoms with Crippen LogP contribution in [0.15, 0.2) is 11.8 Å². The predicted octanol–water partition coefficient (Wildman–Crippen LogP) is 1.82. The summed E-state index contributed by atoms with van der Waals surface area (Å²) in [6.07, 6.45) is 0.845. The molecule has 1 unspecified atom stereocenters. The highest BCUT2D eigenvalue weighted by atomic mass is 16.6. The molecule has 0 aromatic heterocycles. The Morgan fingerprint density at radius 1 is 1.33 bits per heavy atom. The van der Waals surface area contributed by atoms with Crippen molar-refractivity contribution >= 4 is 17.8 Å². The fraction of sp³-hybridized carbons (Fsp3) is 0.706. The van der Waals surface area contributed by atoms with E-state index < -0.39 is 23.7 Å². The van der Waals surface area contributed by atoms with Crippen LogP contribution >= 0.6 is 0 Å². The second-order valence-electron chi connectivity index (χ2n) is 7.51. The zero-order chi connectivity index (χ0) is 18.7. The molecule has 0 N–H and O–H groups in total. The van der Waals surface area contributed by atoms with Gasteiger partial charge in [-0.15, -0.1) is 0 Å². The monoisotopic (exact) mass is 340 g/mol. The number of carbonyl (C=O) groups excluding carboxylic acids is 3. The van der Waals surface area contributed by atoms with E-state index in [-0.39, 0.29) is 30.4 Å². The van der Waals surface area contributed by atoms with Gasteiger partial charge in [0.1, 0.15) is 5.60 Å². The molecule has 0 spiro atoms. The van der Waals surface area contributed by atoms with Crippen molar-refractivity contribution < 1.29 is 23.9 Å². The highest BCUT2D eigenvalue weighted by molar-refractivity contribution is 6.09. The third-order valence-electron chi connectivity index (χ3n) is 3.05. The Balaban J connectivity index is 3.10. The quantitative estimate of drug-likeness (QED) is 0.574. The fourth-order valence-corrected chi connectivity index (χ4v) is 2.15. The van der Waals surface area contributed by atoms with E-state index in [2.05, 4.69) is 0 Å². The van der Waals surface area contributed by atoms with E-state index in [4.69, 9.17) is 9.47 Å². The van der Waals surface area contributed by atoms with Gasteiger partial charge in [0.25, 0.3) is 0 Å². The molecule has 1 aliphatic rings. The maximum absolute atomic E-state index is 12.5. The Bertz CT molecular complexity index is 532. The minimum atomic E-state index is -1.08. The molecule has 136 valence electrons. The molecule has 1 amide bonds. The molecule has 1 atom stereocenters. The van der Waals surface area contributed by atoms with Crippen LogP contribution in [-0.2, 0) is 19.1 Å². The number of nitrogens with zero attached hydrogens (tertiary/aromatic N) is 2. The van der Waals surface area contributed by atoms with Crippen LogP contribution in [0.5, 0.6) is 0 Å². The zero-order valence-corrected chi connectivity index (χ0v) is 15.6. The molecule has 1 rings (SSSR count). The summed E-state index contributed by atoms with van der Waals surface area (Å²) in [5.74, 6) is -0.753. The SMILES string of the molecule is CC(C)COC(=O)C1C(=CN(C)C)C(=O)CN1C(=O)OC(C)(C)C. The standard InChI is InChI=1S/C17H28N2O5/c1-11(2)10-23-15(21)14-12(8-18(6)7)13(20)9-19(14)16(22)24-17(3,4)5/h8,11,14H,9-10H2,1-7H3. The lowest BCUT2D eigenvalue weighted by Crippen LogP contribution is -2.45. The Morgan fingerprint density at radius 3 is 2.38 bits per heavy atom. The molecule has 0 aliphatic carbocycles. The number of esters is 1. The molecule has 1 fully saturated rings. The number of Topliss-reactive ketones (excluding diaryl/α,β-unsaturated/α-hetero) is 1. The summed E-state index contributed by atoms with van der Waals surface area (Å²) in [5, 5.41) is 0. The van der Waals surface area contributed by atoms with Crippen LogP contribution in [0.25, 0.3) is 0 Å². The van der Waals surface area contributed by atoms with Crippen molar-refractivity contribution in [1.29, 1.82) is 0 Å². The first-order chi connectivity index (χ1) is 10.9. The molecule has 1 heterocycles. The highest BCUT2D eigenvalue weighted by Gasteiger charge is 2.46. The molecule has 24 heavy (non-hydrogen) atoms. The molecule has 7 heteroatoms. The molecule has 1 aliphatic heterocycles. The van der Waals surface area contributed by atoms with E-state index in [0.717, 1.165) is 4.90 Å². The summed E-state index contributed by atoms with van der Waals surface area (Å²) in [6.45, 7) is 9.03. The van der Waals surface area contributed by atoms with Gasteiger partial charge in [-0.1, -0.05) is 13.8 Å². The summed E-state index contributed by atoms with van der Waals surface area (Å²) in [7, 11) is 3.49. The van der Waals surface area contributed by atoms with Gasteiger partial charge in [0.15, 0.2) is 11.8 Å². The largest absolute Gasteiger partial charge is 0.464 e. The third kappa shape index (κ3) is 5.54. The molecule has 1 saturated heterocycles. The first kappa shape index (κ1) is 20.0. The van der Waals surface area contributed by atoms with Crippen LogP contribution < -0.4 is 0 Å². The maximum Gasteiger partial charge on any atom is 0.411 e. The van der Waals surface area contributed by atoms with Gasteiger partial charge in [0.2, 0.25) is 0 Å². The van der Waals surface area contributed by atoms with Crippen LogP contribution in [0, 0.1) is 5.92 Å². The number of carbonyl (C=O) groups is 3. The van der Waals surface area contributed by atoms with Crippen molar-refractivity contribution in [1.82, 2.24) is 9.80 Å². The molecule has 0 saturated carbocycles. The first-order valence-electron chi connectivity index (χ1n) is 8.00. The van der Waals surface area contributed by atoms with Crippen LogP contribution in [0.2, 0.25) is 0 Å². The zero-order valence-electron chi connectivity index (χ0n) is 15.6. The molecular weight excluding hydrogens is 312 g/mol. The van der Waals surface area contributed by atoms with Gasteiger partial charge in [-0.05, 0) is 26.7 Å². The van der Waals surface area contributed by atoms with Crippen LogP contribution in [-0.4, -0.2) is 66.5 Å². The number of hydrogen-bond donors (Lipinski definition) is 0. The van der Waals surface area contributed by atoms with Gasteiger partial charge in [-0.25, -0.2) is 9.59 Å². The van der Waals surface area contributed by atoms with E-state index in [1.165, 1.54) is 0 Å². The normalized spacial score (nSPS) is 19.8. The van der Waals surface area contributed by atoms with E-state index in [0.29, 0.717) is 0 Å². The number of rotatable bonds is 4. The number of ether oxygens (including phenoxy) is 2. The summed E-state index contributed by atoms with van der Waals surface area (Å²) in [6, 6.07) is -1.08. The van der Waals surface area contributed by atoms with E-state index in [9.17, 15) is 14.4 Å². The van der Waals surface area contributed by atoms with Crippen molar-refractivity contribution in [2.75, 3.05) is 27.2 Å². The second kappa shape index (κ2) is 7.68. The highest BCUT2D eigenvalue weighted by Crippen LogP contribution is 2.25. The number of amides is 1. The Labute approximate surface area is 143 Å².